The molecule has 1 aromatic heterocycles. The first kappa shape index (κ1) is 19.8. The van der Waals surface area contributed by atoms with Crippen LogP contribution in [0.1, 0.15) is 49.9 Å². The lowest BCUT2D eigenvalue weighted by Crippen LogP contribution is -2.39. The minimum Gasteiger partial charge on any atom is -0.465 e. The Kier molecular flexibility index (Phi) is 5.04. The highest BCUT2D eigenvalue weighted by molar-refractivity contribution is 7.87. The van der Waals surface area contributed by atoms with Crippen molar-refractivity contribution in [2.24, 2.45) is 0 Å². The summed E-state index contributed by atoms with van der Waals surface area (Å²) in [6, 6.07) is -0.677. The van der Waals surface area contributed by atoms with Gasteiger partial charge in [0.1, 0.15) is 0 Å². The van der Waals surface area contributed by atoms with E-state index in [4.69, 9.17) is 0 Å². The van der Waals surface area contributed by atoms with E-state index < -0.39 is 33.6 Å². The molecule has 1 amide bonds. The van der Waals surface area contributed by atoms with Crippen LogP contribution in [0.3, 0.4) is 0 Å². The molecule has 2 aliphatic rings. The number of halogens is 3. The van der Waals surface area contributed by atoms with E-state index in [1.165, 1.54) is 4.68 Å². The molecule has 12 heteroatoms. The van der Waals surface area contributed by atoms with Gasteiger partial charge in [-0.15, -0.1) is 0 Å². The number of nitrogens with zero attached hydrogens (tertiary/aromatic N) is 3. The summed E-state index contributed by atoms with van der Waals surface area (Å²) in [7, 11) is -5.85. The van der Waals surface area contributed by atoms with E-state index in [2.05, 4.69) is 9.28 Å². The van der Waals surface area contributed by atoms with Gasteiger partial charge in [-0.05, 0) is 26.2 Å². The molecule has 2 heterocycles. The van der Waals surface area contributed by atoms with Crippen LogP contribution in [0.2, 0.25) is 0 Å². The minimum absolute atomic E-state index is 0.0162. The number of rotatable bonds is 3. The third-order valence-corrected chi connectivity index (χ3v) is 6.00. The van der Waals surface area contributed by atoms with Crippen LogP contribution >= 0.6 is 0 Å². The number of alkyl halides is 3. The number of carboxylic acid groups (broad SMARTS) is 1. The van der Waals surface area contributed by atoms with Gasteiger partial charge in [0.25, 0.3) is 0 Å². The highest BCUT2D eigenvalue weighted by Crippen LogP contribution is 2.39. The van der Waals surface area contributed by atoms with Crippen LogP contribution in [0.5, 0.6) is 5.88 Å². The molecule has 1 saturated carbocycles. The fourth-order valence-electron chi connectivity index (χ4n) is 3.68. The van der Waals surface area contributed by atoms with Crippen molar-refractivity contribution in [3.05, 3.63) is 11.3 Å². The smallest absolute Gasteiger partial charge is 0.465 e. The van der Waals surface area contributed by atoms with Crippen LogP contribution in [0.15, 0.2) is 0 Å². The third-order valence-electron chi connectivity index (χ3n) is 5.05. The Morgan fingerprint density at radius 1 is 1.30 bits per heavy atom. The molecule has 0 aromatic carbocycles. The van der Waals surface area contributed by atoms with E-state index in [1.807, 2.05) is 0 Å². The van der Waals surface area contributed by atoms with Crippen molar-refractivity contribution in [3.63, 3.8) is 0 Å². The van der Waals surface area contributed by atoms with Crippen LogP contribution in [0, 0.1) is 0 Å². The predicted octanol–water partition coefficient (Wildman–Crippen LogP) is 2.69. The number of carbonyl (C=O) groups is 1. The molecule has 1 atom stereocenters. The summed E-state index contributed by atoms with van der Waals surface area (Å²) in [6.07, 6.45) is 2.11. The van der Waals surface area contributed by atoms with Gasteiger partial charge in [0, 0.05) is 24.6 Å². The summed E-state index contributed by atoms with van der Waals surface area (Å²) >= 11 is 0. The molecule has 27 heavy (non-hydrogen) atoms. The summed E-state index contributed by atoms with van der Waals surface area (Å²) in [4.78, 5) is 12.5. The number of hydrogen-bond acceptors (Lipinski definition) is 5. The number of hydrogen-bond donors (Lipinski definition) is 1. The summed E-state index contributed by atoms with van der Waals surface area (Å²) in [5.41, 5.74) is -4.95. The molecule has 0 bridgehead atoms. The Hall–Kier alpha value is -1.98. The molecule has 1 aliphatic heterocycles. The van der Waals surface area contributed by atoms with Gasteiger partial charge in [0.15, 0.2) is 0 Å². The first-order chi connectivity index (χ1) is 12.5. The maximum atomic E-state index is 12.8. The maximum absolute atomic E-state index is 12.8. The Morgan fingerprint density at radius 2 is 1.93 bits per heavy atom. The van der Waals surface area contributed by atoms with Gasteiger partial charge in [-0.25, -0.2) is 9.48 Å². The summed E-state index contributed by atoms with van der Waals surface area (Å²) in [5, 5.41) is 13.6. The highest BCUT2D eigenvalue weighted by atomic mass is 32.2. The van der Waals surface area contributed by atoms with E-state index in [1.54, 1.807) is 6.92 Å². The Morgan fingerprint density at radius 3 is 2.48 bits per heavy atom. The SMILES string of the molecule is CC1Cc2nn(C3CCCC3)c(OS(=O)(=O)C(F)(F)F)c2CCN1C(=O)O. The number of aromatic nitrogens is 2. The predicted molar refractivity (Wildman–Crippen MR) is 86.9 cm³/mol. The Bertz CT molecular complexity index is 830. The van der Waals surface area contributed by atoms with Crippen molar-refractivity contribution in [1.82, 2.24) is 14.7 Å². The normalized spacial score (nSPS) is 21.8. The lowest BCUT2D eigenvalue weighted by atomic mass is 10.1. The van der Waals surface area contributed by atoms with Crippen molar-refractivity contribution in [1.29, 1.82) is 0 Å². The van der Waals surface area contributed by atoms with E-state index in [0.717, 1.165) is 17.7 Å². The molecule has 1 fully saturated rings. The zero-order valence-corrected chi connectivity index (χ0v) is 15.4. The van der Waals surface area contributed by atoms with E-state index >= 15 is 0 Å². The van der Waals surface area contributed by atoms with Crippen molar-refractivity contribution in [2.45, 2.75) is 63.0 Å². The van der Waals surface area contributed by atoms with E-state index in [-0.39, 0.29) is 31.0 Å². The van der Waals surface area contributed by atoms with Gasteiger partial charge in [-0.3, -0.25) is 0 Å². The topological polar surface area (TPSA) is 102 Å². The van der Waals surface area contributed by atoms with Crippen LogP contribution in [-0.4, -0.2) is 52.4 Å². The first-order valence-corrected chi connectivity index (χ1v) is 10.0. The molecular formula is C15H20F3N3O5S. The molecule has 0 spiro atoms. The van der Waals surface area contributed by atoms with Crippen molar-refractivity contribution in [2.75, 3.05) is 6.54 Å². The molecule has 3 rings (SSSR count). The summed E-state index contributed by atoms with van der Waals surface area (Å²) in [6.45, 7) is 1.69. The Labute approximate surface area is 154 Å². The lowest BCUT2D eigenvalue weighted by Gasteiger charge is -2.23. The second-order valence-electron chi connectivity index (χ2n) is 6.88. The van der Waals surface area contributed by atoms with Crippen molar-refractivity contribution in [3.8, 4) is 5.88 Å². The zero-order valence-electron chi connectivity index (χ0n) is 14.6. The Balaban J connectivity index is 2.04. The number of amides is 1. The molecule has 0 radical (unpaired) electrons. The molecule has 152 valence electrons. The molecule has 1 N–H and O–H groups in total. The fraction of sp³-hybridized carbons (Fsp3) is 0.733. The second kappa shape index (κ2) is 6.88. The van der Waals surface area contributed by atoms with Gasteiger partial charge in [0.2, 0.25) is 5.88 Å². The van der Waals surface area contributed by atoms with Crippen molar-refractivity contribution >= 4 is 16.2 Å². The molecular weight excluding hydrogens is 391 g/mol. The van der Waals surface area contributed by atoms with E-state index in [9.17, 15) is 31.5 Å². The van der Waals surface area contributed by atoms with Crippen LogP contribution in [0.4, 0.5) is 18.0 Å². The molecule has 8 nitrogen and oxygen atoms in total. The zero-order chi connectivity index (χ0) is 20.0. The van der Waals surface area contributed by atoms with Crippen molar-refractivity contribution < 1.29 is 35.7 Å². The molecule has 1 aliphatic carbocycles. The average Bonchev–Trinajstić information content (AvgIpc) is 3.12. The third kappa shape index (κ3) is 3.71. The monoisotopic (exact) mass is 411 g/mol. The lowest BCUT2D eigenvalue weighted by molar-refractivity contribution is -0.0503. The largest absolute Gasteiger partial charge is 0.534 e. The summed E-state index contributed by atoms with van der Waals surface area (Å²) in [5.74, 6) is -0.436. The maximum Gasteiger partial charge on any atom is 0.534 e. The first-order valence-electron chi connectivity index (χ1n) is 8.62. The van der Waals surface area contributed by atoms with E-state index in [0.29, 0.717) is 18.5 Å². The van der Waals surface area contributed by atoms with Crippen LogP contribution in [0.25, 0.3) is 0 Å². The molecule has 1 aromatic rings. The van der Waals surface area contributed by atoms with Crippen LogP contribution in [-0.2, 0) is 23.0 Å². The highest BCUT2D eigenvalue weighted by Gasteiger charge is 2.50. The van der Waals surface area contributed by atoms with Gasteiger partial charge < -0.3 is 14.2 Å². The van der Waals surface area contributed by atoms with Gasteiger partial charge in [-0.2, -0.15) is 26.7 Å². The minimum atomic E-state index is -5.85. The quantitative estimate of drug-likeness (QED) is 0.606. The average molecular weight is 411 g/mol. The standard InChI is InChI=1S/C15H20F3N3O5S/c1-9-8-12-11(6-7-20(9)14(22)23)13(26-27(24,25)15(16,17)18)21(19-12)10-4-2-3-5-10/h9-10H,2-8H2,1H3,(H,22,23). The molecule has 0 saturated heterocycles. The van der Waals surface area contributed by atoms with Crippen LogP contribution < -0.4 is 4.18 Å². The van der Waals surface area contributed by atoms with Gasteiger partial charge in [-0.1, -0.05) is 12.8 Å². The second-order valence-corrected chi connectivity index (χ2v) is 8.41. The molecule has 1 unspecified atom stereocenters. The number of fused-ring (bicyclic) bond motifs is 1. The fourth-order valence-corrected chi connectivity index (χ4v) is 4.15. The summed E-state index contributed by atoms with van der Waals surface area (Å²) < 4.78 is 67.5. The van der Waals surface area contributed by atoms with Gasteiger partial charge in [0.05, 0.1) is 11.7 Å². The van der Waals surface area contributed by atoms with Gasteiger partial charge >= 0.3 is 21.7 Å².